The van der Waals surface area contributed by atoms with E-state index >= 15 is 0 Å². The van der Waals surface area contributed by atoms with Crippen molar-refractivity contribution >= 4 is 0 Å². The van der Waals surface area contributed by atoms with E-state index in [4.69, 9.17) is 0 Å². The van der Waals surface area contributed by atoms with E-state index < -0.39 is 0 Å². The zero-order valence-corrected chi connectivity index (χ0v) is 11.9. The van der Waals surface area contributed by atoms with Crippen molar-refractivity contribution in [1.29, 1.82) is 0 Å². The first kappa shape index (κ1) is 14.3. The van der Waals surface area contributed by atoms with Gasteiger partial charge in [-0.15, -0.1) is 0 Å². The SMILES string of the molecule is CC.CCC(C1CCCCC1)n1cc(C)cn1. The largest absolute Gasteiger partial charge is 0.269 e. The number of aryl methyl sites for hydroxylation is 1. The van der Waals surface area contributed by atoms with E-state index in [9.17, 15) is 0 Å². The molecule has 1 atom stereocenters. The quantitative estimate of drug-likeness (QED) is 0.740. The van der Waals surface area contributed by atoms with Gasteiger partial charge in [-0.3, -0.25) is 4.68 Å². The predicted molar refractivity (Wildman–Crippen MR) is 74.2 cm³/mol. The van der Waals surface area contributed by atoms with Crippen LogP contribution in [0.1, 0.15) is 70.9 Å². The first-order valence-electron chi connectivity index (χ1n) is 7.32. The lowest BCUT2D eigenvalue weighted by molar-refractivity contribution is 0.229. The van der Waals surface area contributed by atoms with Crippen LogP contribution in [0.15, 0.2) is 12.4 Å². The molecule has 0 radical (unpaired) electrons. The topological polar surface area (TPSA) is 17.8 Å². The van der Waals surface area contributed by atoms with Gasteiger partial charge in [0, 0.05) is 6.20 Å². The molecule has 0 N–H and O–H groups in total. The molecule has 2 heteroatoms. The highest BCUT2D eigenvalue weighted by molar-refractivity contribution is 5.01. The van der Waals surface area contributed by atoms with Crippen LogP contribution in [0.3, 0.4) is 0 Å². The van der Waals surface area contributed by atoms with Gasteiger partial charge in [0.25, 0.3) is 0 Å². The van der Waals surface area contributed by atoms with Gasteiger partial charge in [-0.05, 0) is 37.7 Å². The van der Waals surface area contributed by atoms with Crippen molar-refractivity contribution in [3.63, 3.8) is 0 Å². The summed E-state index contributed by atoms with van der Waals surface area (Å²) >= 11 is 0. The van der Waals surface area contributed by atoms with Crippen LogP contribution in [-0.2, 0) is 0 Å². The van der Waals surface area contributed by atoms with Crippen LogP contribution in [0.25, 0.3) is 0 Å². The summed E-state index contributed by atoms with van der Waals surface area (Å²) in [6, 6.07) is 0.638. The van der Waals surface area contributed by atoms with Crippen molar-refractivity contribution in [2.75, 3.05) is 0 Å². The highest BCUT2D eigenvalue weighted by Crippen LogP contribution is 2.34. The molecule has 1 aliphatic carbocycles. The zero-order valence-electron chi connectivity index (χ0n) is 11.9. The zero-order chi connectivity index (χ0) is 12.7. The van der Waals surface area contributed by atoms with Gasteiger partial charge in [-0.2, -0.15) is 5.10 Å². The summed E-state index contributed by atoms with van der Waals surface area (Å²) in [5, 5.41) is 4.48. The fourth-order valence-electron chi connectivity index (χ4n) is 2.87. The van der Waals surface area contributed by atoms with Crippen LogP contribution in [0.2, 0.25) is 0 Å². The third-order valence-corrected chi connectivity index (χ3v) is 3.68. The van der Waals surface area contributed by atoms with Crippen LogP contribution in [0, 0.1) is 12.8 Å². The fraction of sp³-hybridized carbons (Fsp3) is 0.800. The summed E-state index contributed by atoms with van der Waals surface area (Å²) in [5.74, 6) is 0.864. The average molecular weight is 236 g/mol. The second-order valence-corrected chi connectivity index (χ2v) is 4.87. The molecule has 1 aliphatic rings. The molecule has 0 aromatic carbocycles. The van der Waals surface area contributed by atoms with Gasteiger partial charge >= 0.3 is 0 Å². The maximum absolute atomic E-state index is 4.48. The summed E-state index contributed by atoms with van der Waals surface area (Å²) in [5.41, 5.74) is 1.28. The van der Waals surface area contributed by atoms with E-state index in [1.165, 1.54) is 44.1 Å². The Balaban J connectivity index is 0.000000686. The summed E-state index contributed by atoms with van der Waals surface area (Å²) in [7, 11) is 0. The van der Waals surface area contributed by atoms with Crippen molar-refractivity contribution in [3.05, 3.63) is 18.0 Å². The van der Waals surface area contributed by atoms with Gasteiger partial charge < -0.3 is 0 Å². The molecule has 1 aromatic rings. The van der Waals surface area contributed by atoms with Gasteiger partial charge in [0.05, 0.1) is 12.2 Å². The van der Waals surface area contributed by atoms with Crippen LogP contribution < -0.4 is 0 Å². The van der Waals surface area contributed by atoms with Crippen LogP contribution in [-0.4, -0.2) is 9.78 Å². The molecule has 2 rings (SSSR count). The fourth-order valence-corrected chi connectivity index (χ4v) is 2.87. The Morgan fingerprint density at radius 3 is 2.41 bits per heavy atom. The van der Waals surface area contributed by atoms with Gasteiger partial charge in [0.2, 0.25) is 0 Å². The maximum atomic E-state index is 4.48. The van der Waals surface area contributed by atoms with E-state index in [-0.39, 0.29) is 0 Å². The van der Waals surface area contributed by atoms with E-state index in [2.05, 4.69) is 29.8 Å². The Kier molecular flexibility index (Phi) is 6.31. The molecule has 17 heavy (non-hydrogen) atoms. The molecule has 0 bridgehead atoms. The van der Waals surface area contributed by atoms with Gasteiger partial charge in [-0.25, -0.2) is 0 Å². The molecule has 1 aromatic heterocycles. The van der Waals surface area contributed by atoms with Crippen LogP contribution in [0.5, 0.6) is 0 Å². The molecular formula is C15H28N2. The second kappa shape index (κ2) is 7.52. The second-order valence-electron chi connectivity index (χ2n) is 4.87. The van der Waals surface area contributed by atoms with Crippen molar-refractivity contribution in [2.24, 2.45) is 5.92 Å². The Labute approximate surface area is 106 Å². The normalized spacial score (nSPS) is 18.4. The summed E-state index contributed by atoms with van der Waals surface area (Å²) < 4.78 is 2.20. The predicted octanol–water partition coefficient (Wildman–Crippen LogP) is 4.75. The first-order valence-corrected chi connectivity index (χ1v) is 7.32. The maximum Gasteiger partial charge on any atom is 0.0544 e. The lowest BCUT2D eigenvalue weighted by Crippen LogP contribution is -2.21. The molecule has 1 unspecified atom stereocenters. The van der Waals surface area contributed by atoms with Crippen molar-refractivity contribution in [2.45, 2.75) is 72.3 Å². The van der Waals surface area contributed by atoms with Gasteiger partial charge in [-0.1, -0.05) is 40.0 Å². The Morgan fingerprint density at radius 2 is 1.94 bits per heavy atom. The molecule has 2 nitrogen and oxygen atoms in total. The molecule has 1 fully saturated rings. The highest BCUT2D eigenvalue weighted by atomic mass is 15.3. The molecule has 0 amide bonds. The lowest BCUT2D eigenvalue weighted by atomic mass is 9.83. The summed E-state index contributed by atoms with van der Waals surface area (Å²) in [6.07, 6.45) is 12.5. The minimum atomic E-state index is 0.638. The van der Waals surface area contributed by atoms with Gasteiger partial charge in [0.15, 0.2) is 0 Å². The monoisotopic (exact) mass is 236 g/mol. The number of rotatable bonds is 3. The van der Waals surface area contributed by atoms with E-state index in [0.29, 0.717) is 6.04 Å². The van der Waals surface area contributed by atoms with Crippen molar-refractivity contribution < 1.29 is 0 Å². The first-order chi connectivity index (χ1) is 8.31. The Morgan fingerprint density at radius 1 is 1.29 bits per heavy atom. The Bertz CT molecular complexity index is 298. The number of hydrogen-bond acceptors (Lipinski definition) is 1. The van der Waals surface area contributed by atoms with E-state index in [0.717, 1.165) is 5.92 Å². The minimum Gasteiger partial charge on any atom is -0.269 e. The molecule has 1 saturated carbocycles. The number of aromatic nitrogens is 2. The number of hydrogen-bond donors (Lipinski definition) is 0. The number of nitrogens with zero attached hydrogens (tertiary/aromatic N) is 2. The van der Waals surface area contributed by atoms with Crippen LogP contribution in [0.4, 0.5) is 0 Å². The lowest BCUT2D eigenvalue weighted by Gasteiger charge is -2.29. The average Bonchev–Trinajstić information content (AvgIpc) is 2.81. The third-order valence-electron chi connectivity index (χ3n) is 3.68. The van der Waals surface area contributed by atoms with E-state index in [1.807, 2.05) is 20.0 Å². The molecular weight excluding hydrogens is 208 g/mol. The molecule has 1 heterocycles. The van der Waals surface area contributed by atoms with Crippen molar-refractivity contribution in [1.82, 2.24) is 9.78 Å². The smallest absolute Gasteiger partial charge is 0.0544 e. The summed E-state index contributed by atoms with van der Waals surface area (Å²) in [6.45, 7) is 8.41. The summed E-state index contributed by atoms with van der Waals surface area (Å²) in [4.78, 5) is 0. The molecule has 0 saturated heterocycles. The Hall–Kier alpha value is -0.790. The molecule has 0 aliphatic heterocycles. The highest BCUT2D eigenvalue weighted by Gasteiger charge is 2.23. The molecule has 0 spiro atoms. The van der Waals surface area contributed by atoms with Gasteiger partial charge in [0.1, 0.15) is 0 Å². The third kappa shape index (κ3) is 3.86. The van der Waals surface area contributed by atoms with Crippen LogP contribution >= 0.6 is 0 Å². The standard InChI is InChI=1S/C13H22N2.C2H6/c1-3-13(12-7-5-4-6-8-12)15-10-11(2)9-14-15;1-2/h9-10,12-13H,3-8H2,1-2H3;1-2H3. The van der Waals surface area contributed by atoms with E-state index in [1.54, 1.807) is 0 Å². The minimum absolute atomic E-state index is 0.638. The van der Waals surface area contributed by atoms with Crippen molar-refractivity contribution in [3.8, 4) is 0 Å². The molecule has 98 valence electrons.